The van der Waals surface area contributed by atoms with Crippen LogP contribution in [0.5, 0.6) is 0 Å². The molecular formula is C13H7Cl3FN3O2. The lowest BCUT2D eigenvalue weighted by Crippen LogP contribution is -2.11. The van der Waals surface area contributed by atoms with Gasteiger partial charge in [0.2, 0.25) is 0 Å². The number of carbonyl (C=O) groups is 1. The lowest BCUT2D eigenvalue weighted by molar-refractivity contribution is 0.187. The first-order valence-electron chi connectivity index (χ1n) is 5.92. The quantitative estimate of drug-likeness (QED) is 0.640. The zero-order chi connectivity index (χ0) is 16.0. The molecule has 0 spiro atoms. The Hall–Kier alpha value is -1.76. The predicted octanol–water partition coefficient (Wildman–Crippen LogP) is 4.99. The van der Waals surface area contributed by atoms with Crippen molar-refractivity contribution in [3.63, 3.8) is 0 Å². The molecule has 2 N–H and O–H groups in total. The number of methoxy groups -OCH3 is 1. The zero-order valence-corrected chi connectivity index (χ0v) is 13.2. The summed E-state index contributed by atoms with van der Waals surface area (Å²) in [6.45, 7) is 0. The lowest BCUT2D eigenvalue weighted by Gasteiger charge is -2.07. The summed E-state index contributed by atoms with van der Waals surface area (Å²) in [5.74, 6) is -0.725. The molecule has 3 rings (SSSR count). The molecule has 0 fully saturated rings. The smallest absolute Gasteiger partial charge is 0.411 e. The summed E-state index contributed by atoms with van der Waals surface area (Å²) >= 11 is 18.2. The number of fused-ring (bicyclic) bond motifs is 3. The normalized spacial score (nSPS) is 11.1. The van der Waals surface area contributed by atoms with E-state index in [4.69, 9.17) is 34.8 Å². The number of aromatic amines is 1. The van der Waals surface area contributed by atoms with Gasteiger partial charge in [0.1, 0.15) is 11.5 Å². The predicted molar refractivity (Wildman–Crippen MR) is 84.6 cm³/mol. The second kappa shape index (κ2) is 5.46. The molecule has 0 aliphatic carbocycles. The zero-order valence-electron chi connectivity index (χ0n) is 10.9. The number of anilines is 1. The van der Waals surface area contributed by atoms with Gasteiger partial charge in [0.15, 0.2) is 0 Å². The van der Waals surface area contributed by atoms with Crippen LogP contribution in [0.4, 0.5) is 14.9 Å². The van der Waals surface area contributed by atoms with Gasteiger partial charge in [0.25, 0.3) is 0 Å². The molecule has 2 heterocycles. The number of hydrogen-bond acceptors (Lipinski definition) is 3. The molecule has 1 aromatic carbocycles. The summed E-state index contributed by atoms with van der Waals surface area (Å²) in [7, 11) is 1.20. The average Bonchev–Trinajstić information content (AvgIpc) is 2.88. The number of hydrogen-bond donors (Lipinski definition) is 2. The van der Waals surface area contributed by atoms with Gasteiger partial charge in [-0.15, -0.1) is 0 Å². The van der Waals surface area contributed by atoms with E-state index < -0.39 is 11.9 Å². The molecule has 0 unspecified atom stereocenters. The van der Waals surface area contributed by atoms with Gasteiger partial charge < -0.3 is 9.72 Å². The fraction of sp³-hybridized carbons (Fsp3) is 0.0769. The van der Waals surface area contributed by atoms with E-state index in [1.54, 1.807) is 0 Å². The largest absolute Gasteiger partial charge is 0.453 e. The minimum absolute atomic E-state index is 0.147. The number of benzene rings is 1. The number of aromatic nitrogens is 2. The SMILES string of the molecule is COC(=O)Nc1cc(F)c(Cl)c2c1[nH]c1ncc(Cl)c(Cl)c12. The highest BCUT2D eigenvalue weighted by atomic mass is 35.5. The number of rotatable bonds is 1. The van der Waals surface area contributed by atoms with E-state index >= 15 is 0 Å². The molecule has 3 aromatic rings. The minimum atomic E-state index is -0.751. The summed E-state index contributed by atoms with van der Waals surface area (Å²) in [4.78, 5) is 18.4. The van der Waals surface area contributed by atoms with Crippen LogP contribution in [-0.4, -0.2) is 23.2 Å². The molecule has 1 amide bonds. The molecule has 0 radical (unpaired) electrons. The Bertz CT molecular complexity index is 926. The summed E-state index contributed by atoms with van der Waals surface area (Å²) in [6.07, 6.45) is 0.609. The standard InChI is InChI=1S/C13H7Cl3FN3O2/c1-22-13(21)19-6-2-5(17)10(16)7-8-9(15)4(14)3-18-12(8)20-11(6)7/h2-3H,1H3,(H,18,20)(H,19,21). The topological polar surface area (TPSA) is 67.0 Å². The third kappa shape index (κ3) is 2.24. The number of carbonyl (C=O) groups excluding carboxylic acids is 1. The highest BCUT2D eigenvalue weighted by Crippen LogP contribution is 2.41. The lowest BCUT2D eigenvalue weighted by atomic mass is 10.1. The Balaban J connectivity index is 2.43. The number of nitrogens with one attached hydrogen (secondary N) is 2. The fourth-order valence-electron chi connectivity index (χ4n) is 2.16. The molecular weight excluding hydrogens is 356 g/mol. The van der Waals surface area contributed by atoms with Gasteiger partial charge in [0, 0.05) is 23.0 Å². The molecule has 5 nitrogen and oxygen atoms in total. The Labute approximate surface area is 138 Å². The Morgan fingerprint density at radius 3 is 2.73 bits per heavy atom. The van der Waals surface area contributed by atoms with Gasteiger partial charge in [-0.3, -0.25) is 5.32 Å². The number of halogens is 4. The first-order chi connectivity index (χ1) is 10.4. The minimum Gasteiger partial charge on any atom is -0.453 e. The van der Waals surface area contributed by atoms with Crippen LogP contribution < -0.4 is 5.32 Å². The van der Waals surface area contributed by atoms with Crippen molar-refractivity contribution < 1.29 is 13.9 Å². The second-order valence-electron chi connectivity index (χ2n) is 4.36. The van der Waals surface area contributed by atoms with E-state index in [9.17, 15) is 9.18 Å². The van der Waals surface area contributed by atoms with E-state index in [0.717, 1.165) is 6.07 Å². The monoisotopic (exact) mass is 361 g/mol. The summed E-state index contributed by atoms with van der Waals surface area (Å²) in [6, 6.07) is 1.08. The third-order valence-corrected chi connectivity index (χ3v) is 4.25. The van der Waals surface area contributed by atoms with E-state index in [2.05, 4.69) is 20.0 Å². The first kappa shape index (κ1) is 15.1. The van der Waals surface area contributed by atoms with Crippen LogP contribution in [0.3, 0.4) is 0 Å². The first-order valence-corrected chi connectivity index (χ1v) is 7.05. The molecule has 0 saturated carbocycles. The van der Waals surface area contributed by atoms with Gasteiger partial charge in [-0.05, 0) is 0 Å². The molecule has 0 saturated heterocycles. The number of amides is 1. The summed E-state index contributed by atoms with van der Waals surface area (Å²) < 4.78 is 18.6. The van der Waals surface area contributed by atoms with Crippen LogP contribution >= 0.6 is 34.8 Å². The van der Waals surface area contributed by atoms with E-state index in [0.29, 0.717) is 16.6 Å². The summed E-state index contributed by atoms with van der Waals surface area (Å²) in [5, 5.41) is 3.31. The molecule has 0 atom stereocenters. The average molecular weight is 363 g/mol. The van der Waals surface area contributed by atoms with Gasteiger partial charge in [0.05, 0.1) is 33.4 Å². The van der Waals surface area contributed by atoms with Crippen LogP contribution in [0.25, 0.3) is 21.9 Å². The van der Waals surface area contributed by atoms with Crippen molar-refractivity contribution in [3.8, 4) is 0 Å². The van der Waals surface area contributed by atoms with E-state index in [1.807, 2.05) is 0 Å². The number of H-pyrrole nitrogens is 1. The molecule has 9 heteroatoms. The van der Waals surface area contributed by atoms with E-state index in [1.165, 1.54) is 13.3 Å². The number of pyridine rings is 1. The maximum Gasteiger partial charge on any atom is 0.411 e. The van der Waals surface area contributed by atoms with Gasteiger partial charge in [-0.2, -0.15) is 0 Å². The molecule has 22 heavy (non-hydrogen) atoms. The van der Waals surface area contributed by atoms with Gasteiger partial charge in [-0.25, -0.2) is 14.2 Å². The van der Waals surface area contributed by atoms with Crippen LogP contribution in [-0.2, 0) is 4.74 Å². The highest BCUT2D eigenvalue weighted by Gasteiger charge is 2.20. The maximum atomic E-state index is 14.1. The van der Waals surface area contributed by atoms with Crippen molar-refractivity contribution in [1.82, 2.24) is 9.97 Å². The van der Waals surface area contributed by atoms with Gasteiger partial charge in [-0.1, -0.05) is 34.8 Å². The van der Waals surface area contributed by atoms with Gasteiger partial charge >= 0.3 is 6.09 Å². The number of nitrogens with zero attached hydrogens (tertiary/aromatic N) is 1. The van der Waals surface area contributed by atoms with Crippen molar-refractivity contribution in [2.75, 3.05) is 12.4 Å². The highest BCUT2D eigenvalue weighted by molar-refractivity contribution is 6.48. The molecule has 0 bridgehead atoms. The van der Waals surface area contributed by atoms with Crippen LogP contribution in [0.2, 0.25) is 15.1 Å². The Morgan fingerprint density at radius 1 is 1.32 bits per heavy atom. The fourth-order valence-corrected chi connectivity index (χ4v) is 2.78. The van der Waals surface area contributed by atoms with Crippen molar-refractivity contribution in [1.29, 1.82) is 0 Å². The van der Waals surface area contributed by atoms with Crippen molar-refractivity contribution in [2.24, 2.45) is 0 Å². The van der Waals surface area contributed by atoms with Crippen LogP contribution in [0.1, 0.15) is 0 Å². The molecule has 0 aliphatic rings. The Kier molecular flexibility index (Phi) is 3.76. The third-order valence-electron chi connectivity index (χ3n) is 3.11. The van der Waals surface area contributed by atoms with Crippen molar-refractivity contribution in [3.05, 3.63) is 33.1 Å². The maximum absolute atomic E-state index is 14.1. The van der Waals surface area contributed by atoms with E-state index in [-0.39, 0.29) is 26.1 Å². The second-order valence-corrected chi connectivity index (χ2v) is 5.52. The number of ether oxygens (including phenoxy) is 1. The van der Waals surface area contributed by atoms with Crippen molar-refractivity contribution >= 4 is 68.5 Å². The molecule has 114 valence electrons. The van der Waals surface area contributed by atoms with Crippen LogP contribution in [0.15, 0.2) is 12.3 Å². The van der Waals surface area contributed by atoms with Crippen molar-refractivity contribution in [2.45, 2.75) is 0 Å². The Morgan fingerprint density at radius 2 is 2.05 bits per heavy atom. The summed E-state index contributed by atoms with van der Waals surface area (Å²) in [5.41, 5.74) is 0.877. The van der Waals surface area contributed by atoms with Crippen LogP contribution in [0, 0.1) is 5.82 Å². The molecule has 0 aliphatic heterocycles. The molecule has 2 aromatic heterocycles.